The number of ether oxygens (including phenoxy) is 1. The summed E-state index contributed by atoms with van der Waals surface area (Å²) in [7, 11) is -0.757. The van der Waals surface area contributed by atoms with Crippen LogP contribution in [-0.2, 0) is 21.4 Å². The van der Waals surface area contributed by atoms with Crippen LogP contribution in [0.15, 0.2) is 42.5 Å². The van der Waals surface area contributed by atoms with Crippen molar-refractivity contribution in [2.45, 2.75) is 19.5 Å². The summed E-state index contributed by atoms with van der Waals surface area (Å²) in [6.45, 7) is 1.84. The van der Waals surface area contributed by atoms with E-state index in [1.807, 2.05) is 12.1 Å². The van der Waals surface area contributed by atoms with E-state index in [9.17, 15) is 13.2 Å². The molecule has 6 nitrogen and oxygen atoms in total. The smallest absolute Gasteiger partial charge is 0.246 e. The maximum absolute atomic E-state index is 13.0. The monoisotopic (exact) mass is 444 g/mol. The normalized spacial score (nSPS) is 12.4. The highest BCUT2D eigenvalue weighted by Crippen LogP contribution is 2.34. The Hall–Kier alpha value is -1.96. The van der Waals surface area contributed by atoms with Crippen LogP contribution in [0, 0.1) is 0 Å². The van der Waals surface area contributed by atoms with Gasteiger partial charge < -0.3 is 9.64 Å². The predicted molar refractivity (Wildman–Crippen MR) is 113 cm³/mol. The average Bonchev–Trinajstić information content (AvgIpc) is 2.62. The van der Waals surface area contributed by atoms with E-state index in [4.69, 9.17) is 27.9 Å². The number of carbonyl (C=O) groups is 1. The Labute approximate surface area is 175 Å². The lowest BCUT2D eigenvalue weighted by Crippen LogP contribution is -2.48. The van der Waals surface area contributed by atoms with Gasteiger partial charge in [-0.25, -0.2) is 8.42 Å². The number of carbonyl (C=O) groups excluding carboxylic acids is 1. The standard InChI is InChI=1S/C19H22Cl2N2O4S/c1-13(19(24)22(2)12-14-5-7-15(20)8-6-14)23(28(4,25)26)17-11-16(21)9-10-18(17)27-3/h5-11,13H,12H2,1-4H3/t13-/m0/s1. The lowest BCUT2D eigenvalue weighted by Gasteiger charge is -2.32. The first-order chi connectivity index (χ1) is 13.0. The van der Waals surface area contributed by atoms with Crippen molar-refractivity contribution in [2.75, 3.05) is 24.7 Å². The molecular formula is C19H22Cl2N2O4S. The molecule has 0 radical (unpaired) electrons. The Balaban J connectivity index is 2.35. The molecule has 0 saturated carbocycles. The fourth-order valence-electron chi connectivity index (χ4n) is 2.87. The summed E-state index contributed by atoms with van der Waals surface area (Å²) in [6, 6.07) is 10.7. The van der Waals surface area contributed by atoms with Gasteiger partial charge in [0, 0.05) is 23.6 Å². The van der Waals surface area contributed by atoms with Crippen LogP contribution in [0.3, 0.4) is 0 Å². The maximum Gasteiger partial charge on any atom is 0.246 e. The number of amides is 1. The number of sulfonamides is 1. The zero-order valence-electron chi connectivity index (χ0n) is 16.0. The van der Waals surface area contributed by atoms with E-state index in [0.717, 1.165) is 16.1 Å². The van der Waals surface area contributed by atoms with Gasteiger partial charge in [0.05, 0.1) is 19.1 Å². The second kappa shape index (κ2) is 9.03. The van der Waals surface area contributed by atoms with Gasteiger partial charge in [0.2, 0.25) is 15.9 Å². The summed E-state index contributed by atoms with van der Waals surface area (Å²) < 4.78 is 31.3. The van der Waals surface area contributed by atoms with Crippen molar-refractivity contribution in [1.29, 1.82) is 0 Å². The molecule has 0 N–H and O–H groups in total. The Kier molecular flexibility index (Phi) is 7.20. The third-order valence-corrected chi connectivity index (χ3v) is 5.87. The van der Waals surface area contributed by atoms with Crippen LogP contribution in [0.5, 0.6) is 5.75 Å². The van der Waals surface area contributed by atoms with E-state index in [-0.39, 0.29) is 11.6 Å². The number of benzene rings is 2. The third-order valence-electron chi connectivity index (χ3n) is 4.15. The molecule has 2 aromatic rings. The highest BCUT2D eigenvalue weighted by atomic mass is 35.5. The molecule has 0 spiro atoms. The Morgan fingerprint density at radius 1 is 1.11 bits per heavy atom. The molecule has 28 heavy (non-hydrogen) atoms. The van der Waals surface area contributed by atoms with Gasteiger partial charge in [0.25, 0.3) is 0 Å². The minimum atomic E-state index is -3.79. The van der Waals surface area contributed by atoms with Gasteiger partial charge >= 0.3 is 0 Å². The van der Waals surface area contributed by atoms with E-state index in [2.05, 4.69) is 0 Å². The number of likely N-dealkylation sites (N-methyl/N-ethyl adjacent to an activating group) is 1. The molecule has 0 aliphatic heterocycles. The SMILES string of the molecule is COc1ccc(Cl)cc1N([C@@H](C)C(=O)N(C)Cc1ccc(Cl)cc1)S(C)(=O)=O. The van der Waals surface area contributed by atoms with Gasteiger partial charge in [-0.05, 0) is 42.8 Å². The quantitative estimate of drug-likeness (QED) is 0.650. The number of hydrogen-bond acceptors (Lipinski definition) is 4. The summed E-state index contributed by atoms with van der Waals surface area (Å²) in [5.41, 5.74) is 1.08. The van der Waals surface area contributed by atoms with Gasteiger partial charge in [0.15, 0.2) is 0 Å². The molecule has 1 atom stereocenters. The number of rotatable bonds is 7. The van der Waals surface area contributed by atoms with Crippen LogP contribution in [0.25, 0.3) is 0 Å². The Morgan fingerprint density at radius 2 is 1.68 bits per heavy atom. The van der Waals surface area contributed by atoms with Crippen molar-refractivity contribution in [3.63, 3.8) is 0 Å². The Bertz CT molecular complexity index is 949. The van der Waals surface area contributed by atoms with Crippen molar-refractivity contribution in [3.8, 4) is 5.75 Å². The van der Waals surface area contributed by atoms with Gasteiger partial charge in [-0.15, -0.1) is 0 Å². The molecule has 152 valence electrons. The summed E-state index contributed by atoms with van der Waals surface area (Å²) in [4.78, 5) is 14.4. The fourth-order valence-corrected chi connectivity index (χ4v) is 4.33. The van der Waals surface area contributed by atoms with Gasteiger partial charge in [0.1, 0.15) is 11.8 Å². The van der Waals surface area contributed by atoms with E-state index in [0.29, 0.717) is 22.3 Å². The number of anilines is 1. The number of nitrogens with zero attached hydrogens (tertiary/aromatic N) is 2. The van der Waals surface area contributed by atoms with Crippen LogP contribution in [0.2, 0.25) is 10.0 Å². The van der Waals surface area contributed by atoms with Crippen LogP contribution < -0.4 is 9.04 Å². The highest BCUT2D eigenvalue weighted by molar-refractivity contribution is 7.92. The summed E-state index contributed by atoms with van der Waals surface area (Å²) in [5.74, 6) is -0.0720. The highest BCUT2D eigenvalue weighted by Gasteiger charge is 2.33. The minimum absolute atomic E-state index is 0.207. The van der Waals surface area contributed by atoms with Gasteiger partial charge in [-0.1, -0.05) is 35.3 Å². The molecule has 0 aliphatic carbocycles. The first-order valence-electron chi connectivity index (χ1n) is 8.37. The zero-order valence-corrected chi connectivity index (χ0v) is 18.3. The second-order valence-corrected chi connectivity index (χ2v) is 9.10. The van der Waals surface area contributed by atoms with Crippen LogP contribution in [0.1, 0.15) is 12.5 Å². The number of hydrogen-bond donors (Lipinski definition) is 0. The van der Waals surface area contributed by atoms with Gasteiger partial charge in [-0.3, -0.25) is 9.10 Å². The summed E-state index contributed by atoms with van der Waals surface area (Å²) >= 11 is 11.9. The first-order valence-corrected chi connectivity index (χ1v) is 11.0. The van der Waals surface area contributed by atoms with Crippen molar-refractivity contribution in [1.82, 2.24) is 4.90 Å². The topological polar surface area (TPSA) is 66.9 Å². The van der Waals surface area contributed by atoms with Crippen molar-refractivity contribution >= 4 is 44.8 Å². The van der Waals surface area contributed by atoms with E-state index < -0.39 is 16.1 Å². The molecular weight excluding hydrogens is 423 g/mol. The Morgan fingerprint density at radius 3 is 2.21 bits per heavy atom. The molecule has 0 bridgehead atoms. The van der Waals surface area contributed by atoms with Crippen molar-refractivity contribution in [2.24, 2.45) is 0 Å². The first kappa shape index (κ1) is 22.3. The van der Waals surface area contributed by atoms with Gasteiger partial charge in [-0.2, -0.15) is 0 Å². The third kappa shape index (κ3) is 5.31. The second-order valence-electron chi connectivity index (χ2n) is 6.37. The molecule has 2 rings (SSSR count). The summed E-state index contributed by atoms with van der Waals surface area (Å²) in [5, 5.41) is 0.931. The predicted octanol–water partition coefficient (Wildman–Crippen LogP) is 3.82. The van der Waals surface area contributed by atoms with E-state index in [1.165, 1.54) is 25.0 Å². The van der Waals surface area contributed by atoms with Crippen LogP contribution in [0.4, 0.5) is 5.69 Å². The summed E-state index contributed by atoms with van der Waals surface area (Å²) in [6.07, 6.45) is 1.04. The molecule has 0 aromatic heterocycles. The minimum Gasteiger partial charge on any atom is -0.495 e. The molecule has 0 aliphatic rings. The molecule has 2 aromatic carbocycles. The number of methoxy groups -OCH3 is 1. The molecule has 9 heteroatoms. The van der Waals surface area contributed by atoms with E-state index in [1.54, 1.807) is 31.3 Å². The zero-order chi connectivity index (χ0) is 21.1. The lowest BCUT2D eigenvalue weighted by molar-refractivity contribution is -0.131. The van der Waals surface area contributed by atoms with Crippen LogP contribution >= 0.6 is 23.2 Å². The molecule has 0 heterocycles. The fraction of sp³-hybridized carbons (Fsp3) is 0.316. The molecule has 0 fully saturated rings. The largest absolute Gasteiger partial charge is 0.495 e. The average molecular weight is 445 g/mol. The molecule has 1 amide bonds. The number of halogens is 2. The van der Waals surface area contributed by atoms with E-state index >= 15 is 0 Å². The lowest BCUT2D eigenvalue weighted by atomic mass is 10.2. The van der Waals surface area contributed by atoms with Crippen LogP contribution in [-0.4, -0.2) is 45.7 Å². The molecule has 0 saturated heterocycles. The van der Waals surface area contributed by atoms with Crippen molar-refractivity contribution in [3.05, 3.63) is 58.1 Å². The molecule has 0 unspecified atom stereocenters. The maximum atomic E-state index is 13.0. The van der Waals surface area contributed by atoms with Crippen molar-refractivity contribution < 1.29 is 17.9 Å².